The van der Waals surface area contributed by atoms with Crippen molar-refractivity contribution in [1.29, 1.82) is 0 Å². The van der Waals surface area contributed by atoms with Crippen LogP contribution in [0.4, 0.5) is 5.69 Å². The molecule has 0 radical (unpaired) electrons. The predicted octanol–water partition coefficient (Wildman–Crippen LogP) is 5.88. The van der Waals surface area contributed by atoms with E-state index in [1.54, 1.807) is 0 Å². The highest BCUT2D eigenvalue weighted by Crippen LogP contribution is 2.25. The van der Waals surface area contributed by atoms with Gasteiger partial charge in [0.25, 0.3) is 0 Å². The number of ether oxygens (including phenoxy) is 1. The van der Waals surface area contributed by atoms with E-state index in [1.165, 1.54) is 17.3 Å². The molecule has 1 heterocycles. The molecule has 0 aliphatic heterocycles. The molecule has 1 amide bonds. The maximum absolute atomic E-state index is 12.5. The number of rotatable bonds is 9. The van der Waals surface area contributed by atoms with Gasteiger partial charge >= 0.3 is 0 Å². The van der Waals surface area contributed by atoms with Gasteiger partial charge in [0.15, 0.2) is 17.1 Å². The third-order valence-electron chi connectivity index (χ3n) is 5.44. The highest BCUT2D eigenvalue weighted by Gasteiger charge is 2.19. The molecular formula is C26H28N4O2S. The Morgan fingerprint density at radius 3 is 2.52 bits per heavy atom. The summed E-state index contributed by atoms with van der Waals surface area (Å²) in [5, 5.41) is 14.6. The van der Waals surface area contributed by atoms with Crippen LogP contribution >= 0.6 is 11.8 Å². The molecular weight excluding hydrogens is 432 g/mol. The molecule has 0 spiro atoms. The SMILES string of the molecule is CCc1ccc(O[C@H](C)c2nnc(SCC(=O)Nc3ccc4ccccc4c3)n2CC)cc1. The zero-order valence-corrected chi connectivity index (χ0v) is 19.9. The molecule has 1 N–H and O–H groups in total. The molecule has 33 heavy (non-hydrogen) atoms. The molecule has 0 saturated heterocycles. The molecule has 0 fully saturated rings. The van der Waals surface area contributed by atoms with Crippen LogP contribution in [-0.4, -0.2) is 26.4 Å². The van der Waals surface area contributed by atoms with E-state index in [-0.39, 0.29) is 17.8 Å². The van der Waals surface area contributed by atoms with Crippen molar-refractivity contribution in [3.05, 3.63) is 78.1 Å². The van der Waals surface area contributed by atoms with Gasteiger partial charge in [-0.25, -0.2) is 0 Å². The summed E-state index contributed by atoms with van der Waals surface area (Å²) in [6.07, 6.45) is 0.736. The maximum Gasteiger partial charge on any atom is 0.234 e. The summed E-state index contributed by atoms with van der Waals surface area (Å²) in [6, 6.07) is 22.1. The quantitative estimate of drug-likeness (QED) is 0.316. The second-order valence-corrected chi connectivity index (χ2v) is 8.68. The number of hydrogen-bond donors (Lipinski definition) is 1. The molecule has 4 rings (SSSR count). The van der Waals surface area contributed by atoms with E-state index in [9.17, 15) is 4.79 Å². The average Bonchev–Trinajstić information content (AvgIpc) is 3.26. The Morgan fingerprint density at radius 2 is 1.79 bits per heavy atom. The van der Waals surface area contributed by atoms with Crippen LogP contribution in [0, 0.1) is 0 Å². The molecule has 6 nitrogen and oxygen atoms in total. The smallest absolute Gasteiger partial charge is 0.234 e. The Hall–Kier alpha value is -3.32. The number of aromatic nitrogens is 3. The van der Waals surface area contributed by atoms with Crippen LogP contribution in [0.3, 0.4) is 0 Å². The molecule has 0 saturated carbocycles. The first-order valence-corrected chi connectivity index (χ1v) is 12.2. The number of nitrogens with zero attached hydrogens (tertiary/aromatic N) is 3. The zero-order chi connectivity index (χ0) is 23.2. The summed E-state index contributed by atoms with van der Waals surface area (Å²) in [5.41, 5.74) is 2.06. The van der Waals surface area contributed by atoms with Gasteiger partial charge in [0, 0.05) is 12.2 Å². The molecule has 4 aromatic rings. The Morgan fingerprint density at radius 1 is 1.03 bits per heavy atom. The van der Waals surface area contributed by atoms with E-state index >= 15 is 0 Å². The normalized spacial score (nSPS) is 12.0. The number of hydrogen-bond acceptors (Lipinski definition) is 5. The fourth-order valence-electron chi connectivity index (χ4n) is 3.66. The molecule has 0 bridgehead atoms. The van der Waals surface area contributed by atoms with Crippen LogP contribution in [0.15, 0.2) is 71.9 Å². The summed E-state index contributed by atoms with van der Waals surface area (Å²) in [5.74, 6) is 1.71. The van der Waals surface area contributed by atoms with Crippen LogP contribution in [0.1, 0.15) is 38.3 Å². The Kier molecular flexibility index (Phi) is 7.29. The van der Waals surface area contributed by atoms with Gasteiger partial charge in [0.1, 0.15) is 5.75 Å². The number of aryl methyl sites for hydroxylation is 1. The number of carbonyl (C=O) groups excluding carboxylic acids is 1. The summed E-state index contributed by atoms with van der Waals surface area (Å²) < 4.78 is 8.08. The minimum Gasteiger partial charge on any atom is -0.483 e. The van der Waals surface area contributed by atoms with Gasteiger partial charge in [-0.15, -0.1) is 10.2 Å². The summed E-state index contributed by atoms with van der Waals surface area (Å²) in [6.45, 7) is 6.82. The van der Waals surface area contributed by atoms with Crippen LogP contribution < -0.4 is 10.1 Å². The Labute approximate surface area is 198 Å². The zero-order valence-electron chi connectivity index (χ0n) is 19.1. The van der Waals surface area contributed by atoms with E-state index in [2.05, 4.69) is 40.6 Å². The number of anilines is 1. The van der Waals surface area contributed by atoms with Crippen molar-refractivity contribution in [2.45, 2.75) is 45.0 Å². The topological polar surface area (TPSA) is 69.0 Å². The standard InChI is InChI=1S/C26H28N4O2S/c1-4-19-10-14-23(15-11-19)32-18(3)25-28-29-26(30(25)5-2)33-17-24(31)27-22-13-12-20-8-6-7-9-21(20)16-22/h6-16,18H,4-5,17H2,1-3H3,(H,27,31)/t18-/m1/s1. The summed E-state index contributed by atoms with van der Waals surface area (Å²) in [7, 11) is 0. The van der Waals surface area contributed by atoms with Crippen molar-refractivity contribution in [2.24, 2.45) is 0 Å². The van der Waals surface area contributed by atoms with Crippen molar-refractivity contribution in [1.82, 2.24) is 14.8 Å². The number of fused-ring (bicyclic) bond motifs is 1. The van der Waals surface area contributed by atoms with Crippen molar-refractivity contribution in [2.75, 3.05) is 11.1 Å². The average molecular weight is 461 g/mol. The van der Waals surface area contributed by atoms with Crippen LogP contribution in [0.5, 0.6) is 5.75 Å². The largest absolute Gasteiger partial charge is 0.483 e. The van der Waals surface area contributed by atoms with E-state index in [0.717, 1.165) is 34.5 Å². The number of thioether (sulfide) groups is 1. The molecule has 1 aromatic heterocycles. The number of amides is 1. The van der Waals surface area contributed by atoms with Gasteiger partial charge < -0.3 is 14.6 Å². The second kappa shape index (κ2) is 10.5. The lowest BCUT2D eigenvalue weighted by Crippen LogP contribution is -2.15. The molecule has 0 aliphatic carbocycles. The summed E-state index contributed by atoms with van der Waals surface area (Å²) >= 11 is 1.37. The van der Waals surface area contributed by atoms with Crippen LogP contribution in [0.2, 0.25) is 0 Å². The Balaban J connectivity index is 1.38. The first-order chi connectivity index (χ1) is 16.1. The lowest BCUT2D eigenvalue weighted by atomic mass is 10.1. The van der Waals surface area contributed by atoms with Crippen molar-refractivity contribution < 1.29 is 9.53 Å². The van der Waals surface area contributed by atoms with Gasteiger partial charge in [0.2, 0.25) is 5.91 Å². The maximum atomic E-state index is 12.5. The van der Waals surface area contributed by atoms with Gasteiger partial charge in [-0.2, -0.15) is 0 Å². The minimum absolute atomic E-state index is 0.0807. The molecule has 0 aliphatic rings. The third-order valence-corrected chi connectivity index (χ3v) is 6.40. The fraction of sp³-hybridized carbons (Fsp3) is 0.269. The van der Waals surface area contributed by atoms with Crippen LogP contribution in [0.25, 0.3) is 10.8 Å². The highest BCUT2D eigenvalue weighted by atomic mass is 32.2. The third kappa shape index (κ3) is 5.54. The van der Waals surface area contributed by atoms with E-state index in [1.807, 2.05) is 66.9 Å². The Bertz CT molecular complexity index is 1240. The first-order valence-electron chi connectivity index (χ1n) is 11.2. The second-order valence-electron chi connectivity index (χ2n) is 7.74. The van der Waals surface area contributed by atoms with Crippen molar-refractivity contribution in [3.8, 4) is 5.75 Å². The van der Waals surface area contributed by atoms with Gasteiger partial charge in [-0.3, -0.25) is 4.79 Å². The molecule has 3 aromatic carbocycles. The molecule has 0 unspecified atom stereocenters. The van der Waals surface area contributed by atoms with Gasteiger partial charge in [-0.1, -0.05) is 61.2 Å². The van der Waals surface area contributed by atoms with Gasteiger partial charge in [-0.05, 0) is 60.9 Å². The highest BCUT2D eigenvalue weighted by molar-refractivity contribution is 7.99. The van der Waals surface area contributed by atoms with Gasteiger partial charge in [0.05, 0.1) is 5.75 Å². The minimum atomic E-state index is -0.259. The summed E-state index contributed by atoms with van der Waals surface area (Å²) in [4.78, 5) is 12.5. The lowest BCUT2D eigenvalue weighted by Gasteiger charge is -2.16. The van der Waals surface area contributed by atoms with E-state index in [0.29, 0.717) is 11.7 Å². The number of nitrogens with one attached hydrogen (secondary N) is 1. The lowest BCUT2D eigenvalue weighted by molar-refractivity contribution is -0.113. The van der Waals surface area contributed by atoms with Crippen molar-refractivity contribution >= 4 is 34.1 Å². The van der Waals surface area contributed by atoms with Crippen molar-refractivity contribution in [3.63, 3.8) is 0 Å². The van der Waals surface area contributed by atoms with E-state index < -0.39 is 0 Å². The molecule has 7 heteroatoms. The fourth-order valence-corrected chi connectivity index (χ4v) is 4.47. The van der Waals surface area contributed by atoms with E-state index in [4.69, 9.17) is 4.74 Å². The number of carbonyl (C=O) groups is 1. The molecule has 1 atom stereocenters. The van der Waals surface area contributed by atoms with Crippen LogP contribution in [-0.2, 0) is 17.8 Å². The number of benzene rings is 3. The first kappa shape index (κ1) is 22.9. The monoisotopic (exact) mass is 460 g/mol. The predicted molar refractivity (Wildman–Crippen MR) is 134 cm³/mol. The molecule has 170 valence electrons.